The number of carbonyl (C=O) groups excluding carboxylic acids is 1. The Morgan fingerprint density at radius 2 is 1.91 bits per heavy atom. The van der Waals surface area contributed by atoms with Crippen molar-refractivity contribution in [2.45, 2.75) is 19.9 Å². The Bertz CT molecular complexity index is 1190. The van der Waals surface area contributed by atoms with Gasteiger partial charge in [0.15, 0.2) is 11.3 Å². The minimum Gasteiger partial charge on any atom is -0.490 e. The van der Waals surface area contributed by atoms with Crippen LogP contribution in [0.5, 0.6) is 5.75 Å². The van der Waals surface area contributed by atoms with Crippen molar-refractivity contribution >= 4 is 39.0 Å². The summed E-state index contributed by atoms with van der Waals surface area (Å²) in [7, 11) is -2.17. The summed E-state index contributed by atoms with van der Waals surface area (Å²) in [5, 5.41) is 16.0. The third-order valence-electron chi connectivity index (χ3n) is 4.45. The van der Waals surface area contributed by atoms with Gasteiger partial charge < -0.3 is 25.0 Å². The van der Waals surface area contributed by atoms with E-state index in [4.69, 9.17) is 20.3 Å². The molecule has 0 aliphatic carbocycles. The molecule has 3 aromatic rings. The molecule has 1 atom stereocenters. The Hall–Kier alpha value is -3.41. The van der Waals surface area contributed by atoms with Gasteiger partial charge in [0, 0.05) is 23.7 Å². The number of benzene rings is 2. The maximum Gasteiger partial charge on any atom is 0.274 e. The van der Waals surface area contributed by atoms with Gasteiger partial charge in [0.1, 0.15) is 18.2 Å². The van der Waals surface area contributed by atoms with Crippen molar-refractivity contribution < 1.29 is 22.4 Å². The number of aldehydes is 1. The number of rotatable bonds is 8. The van der Waals surface area contributed by atoms with Crippen LogP contribution >= 0.6 is 0 Å². The number of nitrogens with one attached hydrogen (secondary N) is 3. The van der Waals surface area contributed by atoms with Gasteiger partial charge in [0.2, 0.25) is 0 Å². The van der Waals surface area contributed by atoms with Crippen molar-refractivity contribution in [2.75, 3.05) is 19.0 Å². The van der Waals surface area contributed by atoms with Gasteiger partial charge in [0.05, 0.1) is 12.9 Å². The minimum absolute atomic E-state index is 0.00530. The second-order valence-corrected chi connectivity index (χ2v) is 8.24. The van der Waals surface area contributed by atoms with E-state index in [-0.39, 0.29) is 5.84 Å². The van der Waals surface area contributed by atoms with Crippen molar-refractivity contribution in [1.82, 2.24) is 4.72 Å². The fraction of sp³-hybridized carbons (Fsp3) is 0.238. The molecule has 1 aromatic heterocycles. The molecule has 0 fully saturated rings. The van der Waals surface area contributed by atoms with Crippen LogP contribution in [0.1, 0.15) is 29.7 Å². The number of carbonyl (C=O) groups is 1. The Morgan fingerprint density at radius 1 is 1.28 bits per heavy atom. The highest BCUT2D eigenvalue weighted by molar-refractivity contribution is 7.87. The molecular formula is C21H27N5O5S. The zero-order valence-corrected chi connectivity index (χ0v) is 18.8. The molecule has 0 bridgehead atoms. The first-order valence-corrected chi connectivity index (χ1v) is 11.2. The van der Waals surface area contributed by atoms with E-state index < -0.39 is 16.3 Å². The largest absolute Gasteiger partial charge is 0.490 e. The summed E-state index contributed by atoms with van der Waals surface area (Å²) in [6.07, 6.45) is 2.53. The van der Waals surface area contributed by atoms with Crippen LogP contribution in [0.2, 0.25) is 0 Å². The molecule has 1 unspecified atom stereocenters. The number of hydrogen-bond donors (Lipinski definition) is 5. The third-order valence-corrected chi connectivity index (χ3v) is 5.02. The van der Waals surface area contributed by atoms with Gasteiger partial charge in [-0.15, -0.1) is 0 Å². The van der Waals surface area contributed by atoms with Gasteiger partial charge in [-0.3, -0.25) is 5.41 Å². The second-order valence-electron chi connectivity index (χ2n) is 6.75. The van der Waals surface area contributed by atoms with Crippen LogP contribution in [-0.2, 0) is 15.0 Å². The summed E-state index contributed by atoms with van der Waals surface area (Å²) in [6, 6.07) is 10.3. The Balaban J connectivity index is 0.000000534. The van der Waals surface area contributed by atoms with E-state index in [2.05, 4.69) is 10.5 Å². The van der Waals surface area contributed by atoms with Gasteiger partial charge in [-0.05, 0) is 61.4 Å². The Kier molecular flexibility index (Phi) is 8.35. The van der Waals surface area contributed by atoms with Crippen molar-refractivity contribution in [3.05, 3.63) is 59.4 Å². The first-order valence-electron chi connectivity index (χ1n) is 9.61. The van der Waals surface area contributed by atoms with Crippen LogP contribution in [0.4, 0.5) is 5.69 Å². The molecule has 172 valence electrons. The van der Waals surface area contributed by atoms with Crippen LogP contribution in [0.25, 0.3) is 11.0 Å². The van der Waals surface area contributed by atoms with E-state index in [1.165, 1.54) is 7.05 Å². The average molecular weight is 462 g/mol. The van der Waals surface area contributed by atoms with Crippen LogP contribution in [0.3, 0.4) is 0 Å². The fourth-order valence-corrected chi connectivity index (χ4v) is 2.81. The number of fused-ring (bicyclic) bond motifs is 1. The number of nitrogen functional groups attached to an aromatic ring is 1. The van der Waals surface area contributed by atoms with Gasteiger partial charge >= 0.3 is 0 Å². The van der Waals surface area contributed by atoms with E-state index in [9.17, 15) is 13.2 Å². The predicted octanol–water partition coefficient (Wildman–Crippen LogP) is 2.19. The lowest BCUT2D eigenvalue weighted by Gasteiger charge is -2.16. The maximum atomic E-state index is 11.7. The molecule has 0 spiro atoms. The van der Waals surface area contributed by atoms with E-state index in [0.29, 0.717) is 23.5 Å². The lowest BCUT2D eigenvalue weighted by atomic mass is 10.0. The lowest BCUT2D eigenvalue weighted by Crippen LogP contribution is -2.26. The number of furan rings is 1. The molecule has 0 saturated heterocycles. The standard InChI is InChI=1S/C20H21N3O3.CH6N2O2S/c1-3-25-18-9-14(8-16-12(2)11-26-19(16)18)17(10-24)23-15-6-4-13(5-7-15)20(21)22;1-3-6(2,4)5/h4-11,17,23H,3H2,1-2H3,(H3,21,22);3H,1H3,(H2,2,4,5). The summed E-state index contributed by atoms with van der Waals surface area (Å²) in [4.78, 5) is 11.7. The Morgan fingerprint density at radius 3 is 2.41 bits per heavy atom. The van der Waals surface area contributed by atoms with Crippen molar-refractivity contribution in [3.63, 3.8) is 0 Å². The van der Waals surface area contributed by atoms with Gasteiger partial charge in [-0.25, -0.2) is 9.86 Å². The number of amidine groups is 1. The highest BCUT2D eigenvalue weighted by Gasteiger charge is 2.17. The van der Waals surface area contributed by atoms with Crippen molar-refractivity contribution in [2.24, 2.45) is 10.9 Å². The normalized spacial score (nSPS) is 11.9. The summed E-state index contributed by atoms with van der Waals surface area (Å²) >= 11 is 0. The molecule has 0 saturated carbocycles. The molecule has 10 nitrogen and oxygen atoms in total. The molecule has 32 heavy (non-hydrogen) atoms. The molecule has 11 heteroatoms. The fourth-order valence-electron chi connectivity index (χ4n) is 2.81. The molecule has 3 rings (SSSR count). The van der Waals surface area contributed by atoms with E-state index >= 15 is 0 Å². The molecule has 2 aromatic carbocycles. The summed E-state index contributed by atoms with van der Waals surface area (Å²) in [6.45, 7) is 4.36. The van der Waals surface area contributed by atoms with Gasteiger partial charge in [-0.1, -0.05) is 0 Å². The lowest BCUT2D eigenvalue weighted by molar-refractivity contribution is -0.108. The smallest absolute Gasteiger partial charge is 0.274 e. The first-order chi connectivity index (χ1) is 15.1. The Labute approximate surface area is 186 Å². The van der Waals surface area contributed by atoms with Crippen molar-refractivity contribution in [3.8, 4) is 5.75 Å². The molecule has 0 aliphatic rings. The summed E-state index contributed by atoms with van der Waals surface area (Å²) in [5.74, 6) is 0.624. The van der Waals surface area contributed by atoms with E-state index in [1.807, 2.05) is 30.7 Å². The minimum atomic E-state index is -3.41. The van der Waals surface area contributed by atoms with Crippen LogP contribution in [0, 0.1) is 12.3 Å². The maximum absolute atomic E-state index is 11.7. The van der Waals surface area contributed by atoms with Crippen LogP contribution in [0.15, 0.2) is 47.1 Å². The number of anilines is 1. The SMILES string of the molecule is CCOc1cc(C(C=O)Nc2ccc(C(=N)N)cc2)cc2c(C)coc12.CNS(N)(=O)=O. The van der Waals surface area contributed by atoms with E-state index in [0.717, 1.165) is 28.5 Å². The van der Waals surface area contributed by atoms with E-state index in [1.54, 1.807) is 30.5 Å². The molecule has 0 radical (unpaired) electrons. The second kappa shape index (κ2) is 10.8. The van der Waals surface area contributed by atoms with Gasteiger partial charge in [0.25, 0.3) is 10.2 Å². The number of ether oxygens (including phenoxy) is 1. The number of nitrogens with two attached hydrogens (primary N) is 2. The first kappa shape index (κ1) is 24.9. The summed E-state index contributed by atoms with van der Waals surface area (Å²) < 4.78 is 32.5. The topological polar surface area (TPSA) is 174 Å². The molecule has 1 heterocycles. The highest BCUT2D eigenvalue weighted by atomic mass is 32.2. The van der Waals surface area contributed by atoms with Crippen LogP contribution in [-0.4, -0.2) is 34.2 Å². The predicted molar refractivity (Wildman–Crippen MR) is 124 cm³/mol. The molecule has 0 aliphatic heterocycles. The molecule has 0 amide bonds. The zero-order chi connectivity index (χ0) is 23.9. The quantitative estimate of drug-likeness (QED) is 0.194. The molecular weight excluding hydrogens is 434 g/mol. The monoisotopic (exact) mass is 461 g/mol. The zero-order valence-electron chi connectivity index (χ0n) is 18.0. The van der Waals surface area contributed by atoms with Gasteiger partial charge in [-0.2, -0.15) is 8.42 Å². The third kappa shape index (κ3) is 6.54. The number of aryl methyl sites for hydroxylation is 1. The number of hydrogen-bond acceptors (Lipinski definition) is 7. The average Bonchev–Trinajstić information content (AvgIpc) is 3.13. The summed E-state index contributed by atoms with van der Waals surface area (Å²) in [5.41, 5.74) is 9.31. The van der Waals surface area contributed by atoms with Crippen molar-refractivity contribution in [1.29, 1.82) is 5.41 Å². The highest BCUT2D eigenvalue weighted by Crippen LogP contribution is 2.34. The van der Waals surface area contributed by atoms with Crippen LogP contribution < -0.4 is 25.6 Å². The molecule has 7 N–H and O–H groups in total.